The summed E-state index contributed by atoms with van der Waals surface area (Å²) < 4.78 is 31.8. The van der Waals surface area contributed by atoms with Gasteiger partial charge in [0, 0.05) is 37.8 Å². The van der Waals surface area contributed by atoms with Crippen molar-refractivity contribution in [1.82, 2.24) is 9.62 Å². The zero-order chi connectivity index (χ0) is 18.3. The molecule has 1 heterocycles. The van der Waals surface area contributed by atoms with Crippen molar-refractivity contribution in [2.24, 2.45) is 0 Å². The van der Waals surface area contributed by atoms with Crippen molar-refractivity contribution >= 4 is 33.6 Å². The van der Waals surface area contributed by atoms with Crippen molar-refractivity contribution in [2.75, 3.05) is 33.4 Å². The molecular formula is C17H23ClN2O4S. The largest absolute Gasteiger partial charge is 0.383 e. The van der Waals surface area contributed by atoms with Crippen LogP contribution in [0.1, 0.15) is 18.4 Å². The highest BCUT2D eigenvalue weighted by Gasteiger charge is 2.30. The topological polar surface area (TPSA) is 75.7 Å². The number of hydrogen-bond donors (Lipinski definition) is 1. The molecule has 1 aliphatic rings. The van der Waals surface area contributed by atoms with E-state index in [1.54, 1.807) is 23.1 Å². The van der Waals surface area contributed by atoms with Gasteiger partial charge in [-0.1, -0.05) is 23.7 Å². The van der Waals surface area contributed by atoms with E-state index in [1.807, 2.05) is 12.1 Å². The summed E-state index contributed by atoms with van der Waals surface area (Å²) in [5, 5.41) is 0.180. The Hall–Kier alpha value is -1.41. The highest BCUT2D eigenvalue weighted by Crippen LogP contribution is 2.18. The van der Waals surface area contributed by atoms with Crippen LogP contribution in [0, 0.1) is 0 Å². The molecule has 0 aromatic heterocycles. The van der Waals surface area contributed by atoms with E-state index in [0.717, 1.165) is 5.56 Å². The third-order valence-corrected chi connectivity index (χ3v) is 6.30. The number of rotatable bonds is 7. The molecule has 1 aromatic rings. The highest BCUT2D eigenvalue weighted by molar-refractivity contribution is 7.90. The molecule has 0 unspecified atom stereocenters. The molecule has 0 saturated carbocycles. The van der Waals surface area contributed by atoms with E-state index in [2.05, 4.69) is 4.72 Å². The summed E-state index contributed by atoms with van der Waals surface area (Å²) >= 11 is 5.83. The molecule has 25 heavy (non-hydrogen) atoms. The normalized spacial score (nSPS) is 16.5. The van der Waals surface area contributed by atoms with Crippen LogP contribution < -0.4 is 4.72 Å². The summed E-state index contributed by atoms with van der Waals surface area (Å²) in [7, 11) is -1.84. The summed E-state index contributed by atoms with van der Waals surface area (Å²) in [6, 6.07) is 7.19. The van der Waals surface area contributed by atoms with Crippen LogP contribution in [0.15, 0.2) is 30.3 Å². The van der Waals surface area contributed by atoms with Gasteiger partial charge in [-0.3, -0.25) is 4.79 Å². The molecule has 2 rings (SSSR count). The van der Waals surface area contributed by atoms with Gasteiger partial charge in [0.05, 0.1) is 11.9 Å². The second-order valence-electron chi connectivity index (χ2n) is 5.84. The summed E-state index contributed by atoms with van der Waals surface area (Å²) in [4.78, 5) is 13.9. The fourth-order valence-corrected chi connectivity index (χ4v) is 4.20. The van der Waals surface area contributed by atoms with Crippen molar-refractivity contribution < 1.29 is 17.9 Å². The average Bonchev–Trinajstić information content (AvgIpc) is 2.61. The Morgan fingerprint density at radius 1 is 1.32 bits per heavy atom. The van der Waals surface area contributed by atoms with Crippen LogP contribution in [-0.4, -0.2) is 57.8 Å². The molecule has 0 radical (unpaired) electrons. The monoisotopic (exact) mass is 386 g/mol. The number of nitrogens with one attached hydrogen (secondary N) is 1. The molecule has 1 aliphatic heterocycles. The van der Waals surface area contributed by atoms with E-state index in [-0.39, 0.29) is 12.5 Å². The molecule has 0 atom stereocenters. The zero-order valence-corrected chi connectivity index (χ0v) is 15.7. The van der Waals surface area contributed by atoms with Crippen molar-refractivity contribution in [3.63, 3.8) is 0 Å². The van der Waals surface area contributed by atoms with Gasteiger partial charge in [0.2, 0.25) is 15.9 Å². The minimum atomic E-state index is -3.36. The molecule has 1 fully saturated rings. The number of halogens is 1. The predicted molar refractivity (Wildman–Crippen MR) is 98.9 cm³/mol. The SMILES string of the molecule is COCCNS(=O)(=O)C1CCN(C(=O)/C=C/c2ccc(Cl)cc2)CC1. The second-order valence-corrected chi connectivity index (χ2v) is 8.32. The average molecular weight is 387 g/mol. The molecule has 8 heteroatoms. The number of nitrogens with zero attached hydrogens (tertiary/aromatic N) is 1. The highest BCUT2D eigenvalue weighted by atomic mass is 35.5. The quantitative estimate of drug-likeness (QED) is 0.573. The van der Waals surface area contributed by atoms with Crippen LogP contribution in [-0.2, 0) is 19.6 Å². The van der Waals surface area contributed by atoms with Crippen molar-refractivity contribution in [1.29, 1.82) is 0 Å². The molecule has 0 aliphatic carbocycles. The van der Waals surface area contributed by atoms with E-state index in [1.165, 1.54) is 13.2 Å². The predicted octanol–water partition coefficient (Wildman–Crippen LogP) is 1.91. The molecule has 1 aromatic carbocycles. The molecular weight excluding hydrogens is 364 g/mol. The first-order chi connectivity index (χ1) is 11.9. The standard InChI is InChI=1S/C17H23ClN2O4S/c1-24-13-10-19-25(22,23)16-8-11-20(12-9-16)17(21)7-4-14-2-5-15(18)6-3-14/h2-7,16,19H,8-13H2,1H3/b7-4+. The van der Waals surface area contributed by atoms with Gasteiger partial charge in [0.15, 0.2) is 0 Å². The molecule has 0 bridgehead atoms. The van der Waals surface area contributed by atoms with Crippen LogP contribution in [0.3, 0.4) is 0 Å². The minimum Gasteiger partial charge on any atom is -0.383 e. The molecule has 0 spiro atoms. The lowest BCUT2D eigenvalue weighted by Crippen LogP contribution is -2.45. The van der Waals surface area contributed by atoms with Crippen LogP contribution in [0.25, 0.3) is 6.08 Å². The number of methoxy groups -OCH3 is 1. The molecule has 1 amide bonds. The third kappa shape index (κ3) is 6.11. The first-order valence-corrected chi connectivity index (χ1v) is 10.0. The smallest absolute Gasteiger partial charge is 0.246 e. The van der Waals surface area contributed by atoms with E-state index in [0.29, 0.717) is 37.6 Å². The van der Waals surface area contributed by atoms with E-state index in [4.69, 9.17) is 16.3 Å². The zero-order valence-electron chi connectivity index (χ0n) is 14.2. The number of carbonyl (C=O) groups excluding carboxylic acids is 1. The van der Waals surface area contributed by atoms with Crippen LogP contribution in [0.4, 0.5) is 0 Å². The Bertz CT molecular complexity index is 696. The van der Waals surface area contributed by atoms with Gasteiger partial charge in [-0.05, 0) is 36.6 Å². The molecule has 1 N–H and O–H groups in total. The lowest BCUT2D eigenvalue weighted by Gasteiger charge is -2.31. The summed E-state index contributed by atoms with van der Waals surface area (Å²) in [6.45, 7) is 1.47. The summed E-state index contributed by atoms with van der Waals surface area (Å²) in [6.07, 6.45) is 4.11. The van der Waals surface area contributed by atoms with Crippen molar-refractivity contribution in [3.05, 3.63) is 40.9 Å². The van der Waals surface area contributed by atoms with Gasteiger partial charge < -0.3 is 9.64 Å². The first-order valence-electron chi connectivity index (χ1n) is 8.12. The Morgan fingerprint density at radius 2 is 1.96 bits per heavy atom. The third-order valence-electron chi connectivity index (χ3n) is 4.09. The Morgan fingerprint density at radius 3 is 2.56 bits per heavy atom. The number of sulfonamides is 1. The van der Waals surface area contributed by atoms with Gasteiger partial charge in [0.1, 0.15) is 0 Å². The lowest BCUT2D eigenvalue weighted by molar-refractivity contribution is -0.126. The van der Waals surface area contributed by atoms with Crippen LogP contribution in [0.2, 0.25) is 5.02 Å². The molecule has 138 valence electrons. The number of likely N-dealkylation sites (tertiary alicyclic amines) is 1. The summed E-state index contributed by atoms with van der Waals surface area (Å²) in [5.41, 5.74) is 0.887. The van der Waals surface area contributed by atoms with Gasteiger partial charge in [0.25, 0.3) is 0 Å². The van der Waals surface area contributed by atoms with E-state index in [9.17, 15) is 13.2 Å². The van der Waals surface area contributed by atoms with Gasteiger partial charge >= 0.3 is 0 Å². The maximum absolute atomic E-state index is 12.2. The fraction of sp³-hybridized carbons (Fsp3) is 0.471. The number of carbonyl (C=O) groups is 1. The minimum absolute atomic E-state index is 0.113. The number of ether oxygens (including phenoxy) is 1. The van der Waals surface area contributed by atoms with Gasteiger partial charge in [-0.15, -0.1) is 0 Å². The lowest BCUT2D eigenvalue weighted by atomic mass is 10.1. The molecule has 6 nitrogen and oxygen atoms in total. The number of amides is 1. The van der Waals surface area contributed by atoms with E-state index < -0.39 is 15.3 Å². The van der Waals surface area contributed by atoms with Crippen molar-refractivity contribution in [3.8, 4) is 0 Å². The Kier molecular flexibility index (Phi) is 7.43. The van der Waals surface area contributed by atoms with Crippen LogP contribution in [0.5, 0.6) is 0 Å². The Balaban J connectivity index is 1.84. The van der Waals surface area contributed by atoms with E-state index >= 15 is 0 Å². The molecule has 1 saturated heterocycles. The Labute approximate surface area is 153 Å². The maximum atomic E-state index is 12.2. The van der Waals surface area contributed by atoms with Crippen molar-refractivity contribution in [2.45, 2.75) is 18.1 Å². The second kappa shape index (κ2) is 9.33. The number of benzene rings is 1. The number of hydrogen-bond acceptors (Lipinski definition) is 4. The maximum Gasteiger partial charge on any atom is 0.246 e. The number of piperidine rings is 1. The fourth-order valence-electron chi connectivity index (χ4n) is 2.64. The van der Waals surface area contributed by atoms with Gasteiger partial charge in [-0.25, -0.2) is 13.1 Å². The summed E-state index contributed by atoms with van der Waals surface area (Å²) in [5.74, 6) is -0.113. The van der Waals surface area contributed by atoms with Crippen LogP contribution >= 0.6 is 11.6 Å². The first kappa shape index (κ1) is 19.9. The van der Waals surface area contributed by atoms with Gasteiger partial charge in [-0.2, -0.15) is 0 Å².